The van der Waals surface area contributed by atoms with Gasteiger partial charge in [0.25, 0.3) is 0 Å². The second-order valence-corrected chi connectivity index (χ2v) is 7.38. The molecule has 0 spiro atoms. The predicted octanol–water partition coefficient (Wildman–Crippen LogP) is 4.65. The van der Waals surface area contributed by atoms with E-state index in [2.05, 4.69) is 19.2 Å². The first kappa shape index (κ1) is 21.2. The number of alkyl carbamates (subject to hydrolysis) is 1. The second kappa shape index (κ2) is 10.9. The van der Waals surface area contributed by atoms with E-state index in [0.717, 1.165) is 19.3 Å². The number of ether oxygens (including phenoxy) is 1. The Morgan fingerprint density at radius 2 is 1.64 bits per heavy atom. The van der Waals surface area contributed by atoms with Gasteiger partial charge >= 0.3 is 6.09 Å². The van der Waals surface area contributed by atoms with Crippen LogP contribution in [0.2, 0.25) is 0 Å². The van der Waals surface area contributed by atoms with Crippen LogP contribution in [0.25, 0.3) is 0 Å². The van der Waals surface area contributed by atoms with Crippen LogP contribution >= 0.6 is 0 Å². The molecule has 0 aromatic carbocycles. The maximum Gasteiger partial charge on any atom is 0.407 e. The first-order valence-corrected chi connectivity index (χ1v) is 8.86. The van der Waals surface area contributed by atoms with E-state index < -0.39 is 11.7 Å². The molecule has 4 nitrogen and oxygen atoms in total. The molecule has 0 aromatic rings. The van der Waals surface area contributed by atoms with E-state index in [1.54, 1.807) is 0 Å². The average Bonchev–Trinajstić information content (AvgIpc) is 2.44. The zero-order valence-corrected chi connectivity index (χ0v) is 15.3. The molecule has 4 heteroatoms. The van der Waals surface area contributed by atoms with Crippen LogP contribution in [0.3, 0.4) is 0 Å². The van der Waals surface area contributed by atoms with Gasteiger partial charge in [-0.1, -0.05) is 52.4 Å². The lowest BCUT2D eigenvalue weighted by atomic mass is 9.80. The normalized spacial score (nSPS) is 14.5. The maximum absolute atomic E-state index is 11.8. The summed E-state index contributed by atoms with van der Waals surface area (Å²) in [6, 6.07) is 0. The highest BCUT2D eigenvalue weighted by Crippen LogP contribution is 2.28. The van der Waals surface area contributed by atoms with Crippen LogP contribution in [-0.4, -0.2) is 30.0 Å². The molecule has 1 amide bonds. The largest absolute Gasteiger partial charge is 0.444 e. The summed E-state index contributed by atoms with van der Waals surface area (Å²) in [5.41, 5.74) is -0.709. The number of amides is 1. The lowest BCUT2D eigenvalue weighted by Gasteiger charge is -2.31. The summed E-state index contributed by atoms with van der Waals surface area (Å²) in [6.45, 7) is 10.4. The molecule has 0 aliphatic carbocycles. The van der Waals surface area contributed by atoms with Gasteiger partial charge in [-0.3, -0.25) is 0 Å². The van der Waals surface area contributed by atoms with E-state index in [0.29, 0.717) is 6.54 Å². The monoisotopic (exact) mass is 315 g/mol. The van der Waals surface area contributed by atoms with Crippen molar-refractivity contribution < 1.29 is 14.6 Å². The lowest BCUT2D eigenvalue weighted by molar-refractivity contribution is 0.0448. The van der Waals surface area contributed by atoms with E-state index in [1.165, 1.54) is 32.1 Å². The van der Waals surface area contributed by atoms with Crippen molar-refractivity contribution >= 4 is 6.09 Å². The maximum atomic E-state index is 11.8. The minimum absolute atomic E-state index is 0.105. The third-order valence-electron chi connectivity index (χ3n) is 4.15. The SMILES string of the molecule is CCCCCCCCC(CC)(CO)CNC(=O)OC(C)(C)C. The van der Waals surface area contributed by atoms with Crippen molar-refractivity contribution in [2.75, 3.05) is 13.2 Å². The fourth-order valence-corrected chi connectivity index (χ4v) is 2.49. The molecule has 22 heavy (non-hydrogen) atoms. The first-order valence-electron chi connectivity index (χ1n) is 8.86. The number of aliphatic hydroxyl groups is 1. The van der Waals surface area contributed by atoms with Gasteiger partial charge in [0.15, 0.2) is 0 Å². The smallest absolute Gasteiger partial charge is 0.407 e. The highest BCUT2D eigenvalue weighted by Gasteiger charge is 2.28. The number of rotatable bonds is 11. The Morgan fingerprint density at radius 3 is 2.14 bits per heavy atom. The molecule has 0 aliphatic rings. The highest BCUT2D eigenvalue weighted by atomic mass is 16.6. The Morgan fingerprint density at radius 1 is 1.05 bits per heavy atom. The number of nitrogens with one attached hydrogen (secondary N) is 1. The number of hydrogen-bond acceptors (Lipinski definition) is 3. The van der Waals surface area contributed by atoms with Gasteiger partial charge < -0.3 is 15.2 Å². The molecule has 1 unspecified atom stereocenters. The molecule has 0 bridgehead atoms. The Kier molecular flexibility index (Phi) is 10.5. The van der Waals surface area contributed by atoms with Gasteiger partial charge in [0.05, 0.1) is 6.61 Å². The van der Waals surface area contributed by atoms with E-state index >= 15 is 0 Å². The van der Waals surface area contributed by atoms with Gasteiger partial charge in [-0.2, -0.15) is 0 Å². The van der Waals surface area contributed by atoms with Gasteiger partial charge in [-0.15, -0.1) is 0 Å². The van der Waals surface area contributed by atoms with Crippen molar-refractivity contribution in [1.82, 2.24) is 5.32 Å². The van der Waals surface area contributed by atoms with Gasteiger partial charge in [0.2, 0.25) is 0 Å². The molecule has 0 aliphatic heterocycles. The summed E-state index contributed by atoms with van der Waals surface area (Å²) in [4.78, 5) is 11.8. The Hall–Kier alpha value is -0.770. The van der Waals surface area contributed by atoms with Crippen LogP contribution in [-0.2, 0) is 4.74 Å². The van der Waals surface area contributed by atoms with Crippen molar-refractivity contribution in [2.24, 2.45) is 5.41 Å². The quantitative estimate of drug-likeness (QED) is 0.546. The molecule has 0 aromatic heterocycles. The molecule has 132 valence electrons. The Balaban J connectivity index is 4.18. The van der Waals surface area contributed by atoms with Crippen molar-refractivity contribution in [3.05, 3.63) is 0 Å². The fraction of sp³-hybridized carbons (Fsp3) is 0.944. The van der Waals surface area contributed by atoms with Gasteiger partial charge in [0.1, 0.15) is 5.60 Å². The predicted molar refractivity (Wildman–Crippen MR) is 92.0 cm³/mol. The van der Waals surface area contributed by atoms with E-state index in [1.807, 2.05) is 20.8 Å². The minimum Gasteiger partial charge on any atom is -0.444 e. The minimum atomic E-state index is -0.489. The third kappa shape index (κ3) is 10.0. The van der Waals surface area contributed by atoms with Crippen molar-refractivity contribution in [3.8, 4) is 0 Å². The zero-order valence-electron chi connectivity index (χ0n) is 15.3. The summed E-state index contributed by atoms with van der Waals surface area (Å²) in [5, 5.41) is 12.6. The second-order valence-electron chi connectivity index (χ2n) is 7.38. The molecule has 0 saturated carbocycles. The van der Waals surface area contributed by atoms with Crippen molar-refractivity contribution in [3.63, 3.8) is 0 Å². The van der Waals surface area contributed by atoms with E-state index in [-0.39, 0.29) is 12.0 Å². The molecule has 0 rings (SSSR count). The topological polar surface area (TPSA) is 58.6 Å². The molecule has 0 fully saturated rings. The van der Waals surface area contributed by atoms with E-state index in [4.69, 9.17) is 4.74 Å². The number of carbonyl (C=O) groups is 1. The van der Waals surface area contributed by atoms with Gasteiger partial charge in [-0.05, 0) is 33.6 Å². The Labute approximate surface area is 137 Å². The number of unbranched alkanes of at least 4 members (excludes halogenated alkanes) is 5. The number of carbonyl (C=O) groups excluding carboxylic acids is 1. The summed E-state index contributed by atoms with van der Waals surface area (Å²) < 4.78 is 5.26. The van der Waals surface area contributed by atoms with Crippen LogP contribution in [0.5, 0.6) is 0 Å². The van der Waals surface area contributed by atoms with E-state index in [9.17, 15) is 9.90 Å². The molecule has 1 atom stereocenters. The van der Waals surface area contributed by atoms with Crippen molar-refractivity contribution in [1.29, 1.82) is 0 Å². The molecule has 0 heterocycles. The van der Waals surface area contributed by atoms with Crippen LogP contribution in [0.4, 0.5) is 4.79 Å². The fourth-order valence-electron chi connectivity index (χ4n) is 2.49. The summed E-state index contributed by atoms with van der Waals surface area (Å²) in [6.07, 6.45) is 8.83. The molecule has 2 N–H and O–H groups in total. The zero-order chi connectivity index (χ0) is 17.1. The molecular formula is C18H37NO3. The number of hydrogen-bond donors (Lipinski definition) is 2. The highest BCUT2D eigenvalue weighted by molar-refractivity contribution is 5.67. The lowest BCUT2D eigenvalue weighted by Crippen LogP contribution is -2.42. The summed E-state index contributed by atoms with van der Waals surface area (Å²) in [7, 11) is 0. The van der Waals surface area contributed by atoms with Crippen LogP contribution in [0.1, 0.15) is 86.0 Å². The summed E-state index contributed by atoms with van der Waals surface area (Å²) >= 11 is 0. The molecular weight excluding hydrogens is 278 g/mol. The third-order valence-corrected chi connectivity index (χ3v) is 4.15. The first-order chi connectivity index (χ1) is 10.3. The molecule has 0 radical (unpaired) electrons. The van der Waals surface area contributed by atoms with Crippen LogP contribution in [0, 0.1) is 5.41 Å². The van der Waals surface area contributed by atoms with Crippen LogP contribution in [0.15, 0.2) is 0 Å². The molecule has 0 saturated heterocycles. The van der Waals surface area contributed by atoms with Crippen LogP contribution < -0.4 is 5.32 Å². The number of aliphatic hydroxyl groups excluding tert-OH is 1. The van der Waals surface area contributed by atoms with Crippen molar-refractivity contribution in [2.45, 2.75) is 91.6 Å². The van der Waals surface area contributed by atoms with Gasteiger partial charge in [0, 0.05) is 12.0 Å². The standard InChI is InChI=1S/C18H37NO3/c1-6-8-9-10-11-12-13-18(7-2,15-20)14-19-16(21)22-17(3,4)5/h20H,6-15H2,1-5H3,(H,19,21). The average molecular weight is 315 g/mol. The Bertz CT molecular complexity index is 293. The summed E-state index contributed by atoms with van der Waals surface area (Å²) in [5.74, 6) is 0. The van der Waals surface area contributed by atoms with Gasteiger partial charge in [-0.25, -0.2) is 4.79 Å².